The van der Waals surface area contributed by atoms with E-state index in [-0.39, 0.29) is 11.3 Å². The Morgan fingerprint density at radius 1 is 1.10 bits per heavy atom. The molecule has 9 heteroatoms. The van der Waals surface area contributed by atoms with Gasteiger partial charge in [0.05, 0.1) is 22.8 Å². The highest BCUT2D eigenvalue weighted by atomic mass is 16.6. The molecular weight excluding hydrogens is 376 g/mol. The molecule has 29 heavy (non-hydrogen) atoms. The maximum atomic E-state index is 12.2. The van der Waals surface area contributed by atoms with E-state index in [0.29, 0.717) is 23.6 Å². The van der Waals surface area contributed by atoms with Gasteiger partial charge >= 0.3 is 0 Å². The number of carbonyl (C=O) groups excluding carboxylic acids is 2. The third-order valence-corrected chi connectivity index (χ3v) is 4.20. The van der Waals surface area contributed by atoms with E-state index in [9.17, 15) is 19.7 Å². The van der Waals surface area contributed by atoms with Gasteiger partial charge in [0, 0.05) is 11.6 Å². The van der Waals surface area contributed by atoms with Gasteiger partial charge in [0.15, 0.2) is 0 Å². The molecule has 154 valence electrons. The molecular formula is C20H24N4O5. The molecule has 2 rings (SSSR count). The van der Waals surface area contributed by atoms with Gasteiger partial charge in [-0.2, -0.15) is 0 Å². The van der Waals surface area contributed by atoms with Crippen LogP contribution >= 0.6 is 0 Å². The fraction of sp³-hybridized carbons (Fsp3) is 0.350. The van der Waals surface area contributed by atoms with Crippen LogP contribution in [0.15, 0.2) is 36.5 Å². The second-order valence-electron chi connectivity index (χ2n) is 6.43. The number of aromatic nitrogens is 1. The van der Waals surface area contributed by atoms with Gasteiger partial charge in [0.25, 0.3) is 17.5 Å². The topological polar surface area (TPSA) is 123 Å². The van der Waals surface area contributed by atoms with E-state index < -0.39 is 16.7 Å². The average molecular weight is 400 g/mol. The van der Waals surface area contributed by atoms with Crippen molar-refractivity contribution in [1.82, 2.24) is 15.8 Å². The Kier molecular flexibility index (Phi) is 8.08. The first kappa shape index (κ1) is 21.8. The minimum Gasteiger partial charge on any atom is -0.494 e. The number of unbranched alkanes of at least 4 members (excludes halogenated alkanes) is 3. The summed E-state index contributed by atoms with van der Waals surface area (Å²) in [4.78, 5) is 38.4. The predicted octanol–water partition coefficient (Wildman–Crippen LogP) is 3.33. The summed E-state index contributed by atoms with van der Waals surface area (Å²) < 4.78 is 5.62. The Labute approximate surface area is 168 Å². The lowest BCUT2D eigenvalue weighted by molar-refractivity contribution is -0.385. The highest BCUT2D eigenvalue weighted by Crippen LogP contribution is 2.15. The van der Waals surface area contributed by atoms with Crippen LogP contribution in [-0.2, 0) is 0 Å². The molecule has 0 bridgehead atoms. The molecule has 1 heterocycles. The third kappa shape index (κ3) is 6.56. The molecule has 0 unspecified atom stereocenters. The van der Waals surface area contributed by atoms with Gasteiger partial charge in [-0.25, -0.2) is 0 Å². The molecule has 0 fully saturated rings. The summed E-state index contributed by atoms with van der Waals surface area (Å²) in [6.07, 6.45) is 5.51. The van der Waals surface area contributed by atoms with E-state index in [0.717, 1.165) is 31.5 Å². The molecule has 0 aliphatic carbocycles. The number of ether oxygens (including phenoxy) is 1. The summed E-state index contributed by atoms with van der Waals surface area (Å²) in [6, 6.07) is 7.65. The Hall–Kier alpha value is -3.49. The zero-order valence-corrected chi connectivity index (χ0v) is 16.4. The Morgan fingerprint density at radius 2 is 1.79 bits per heavy atom. The lowest BCUT2D eigenvalue weighted by Crippen LogP contribution is -2.42. The van der Waals surface area contributed by atoms with E-state index in [1.165, 1.54) is 6.42 Å². The summed E-state index contributed by atoms with van der Waals surface area (Å²) >= 11 is 0. The van der Waals surface area contributed by atoms with Gasteiger partial charge in [-0.3, -0.25) is 35.5 Å². The van der Waals surface area contributed by atoms with Crippen LogP contribution in [0, 0.1) is 17.0 Å². The average Bonchev–Trinajstić information content (AvgIpc) is 2.72. The molecule has 0 radical (unpaired) electrons. The van der Waals surface area contributed by atoms with E-state index in [4.69, 9.17) is 4.74 Å². The van der Waals surface area contributed by atoms with Crippen molar-refractivity contribution in [2.75, 3.05) is 6.61 Å². The Bertz CT molecular complexity index is 868. The predicted molar refractivity (Wildman–Crippen MR) is 107 cm³/mol. The molecule has 0 saturated heterocycles. The van der Waals surface area contributed by atoms with Gasteiger partial charge in [0.2, 0.25) is 0 Å². The molecule has 0 aliphatic rings. The molecule has 0 aliphatic heterocycles. The fourth-order valence-electron chi connectivity index (χ4n) is 2.53. The van der Waals surface area contributed by atoms with Gasteiger partial charge in [-0.1, -0.05) is 26.2 Å². The number of hydrazine groups is 1. The van der Waals surface area contributed by atoms with Crippen molar-refractivity contribution in [3.05, 3.63) is 63.5 Å². The van der Waals surface area contributed by atoms with Crippen molar-refractivity contribution in [3.8, 4) is 5.75 Å². The van der Waals surface area contributed by atoms with Gasteiger partial charge in [-0.15, -0.1) is 0 Å². The van der Waals surface area contributed by atoms with Crippen molar-refractivity contribution >= 4 is 17.5 Å². The number of nitro groups is 1. The number of pyridine rings is 1. The second kappa shape index (κ2) is 10.7. The van der Waals surface area contributed by atoms with Crippen LogP contribution in [0.1, 0.15) is 59.0 Å². The van der Waals surface area contributed by atoms with E-state index in [1.54, 1.807) is 31.2 Å². The summed E-state index contributed by atoms with van der Waals surface area (Å²) in [5, 5.41) is 10.8. The summed E-state index contributed by atoms with van der Waals surface area (Å²) in [5.41, 5.74) is 4.86. The lowest BCUT2D eigenvalue weighted by Gasteiger charge is -2.10. The minimum atomic E-state index is -0.695. The van der Waals surface area contributed by atoms with Gasteiger partial charge in [-0.05, 0) is 37.6 Å². The maximum absolute atomic E-state index is 12.2. The van der Waals surface area contributed by atoms with Crippen molar-refractivity contribution < 1.29 is 19.2 Å². The number of hydrogen-bond donors (Lipinski definition) is 2. The van der Waals surface area contributed by atoms with Crippen LogP contribution < -0.4 is 15.6 Å². The van der Waals surface area contributed by atoms with E-state index in [1.807, 2.05) is 0 Å². The molecule has 2 amide bonds. The van der Waals surface area contributed by atoms with Crippen LogP contribution in [0.3, 0.4) is 0 Å². The fourth-order valence-corrected chi connectivity index (χ4v) is 2.53. The first-order valence-electron chi connectivity index (χ1n) is 9.37. The molecule has 2 aromatic rings. The largest absolute Gasteiger partial charge is 0.494 e. The number of carbonyl (C=O) groups is 2. The van der Waals surface area contributed by atoms with Crippen LogP contribution in [0.5, 0.6) is 5.75 Å². The maximum Gasteiger partial charge on any atom is 0.288 e. The smallest absolute Gasteiger partial charge is 0.288 e. The molecule has 2 N–H and O–H groups in total. The molecule has 0 atom stereocenters. The number of aryl methyl sites for hydroxylation is 1. The number of rotatable bonds is 9. The van der Waals surface area contributed by atoms with Crippen LogP contribution in [-0.4, -0.2) is 28.3 Å². The molecule has 0 saturated carbocycles. The zero-order valence-electron chi connectivity index (χ0n) is 16.4. The van der Waals surface area contributed by atoms with Gasteiger partial charge < -0.3 is 4.74 Å². The summed E-state index contributed by atoms with van der Waals surface area (Å²) in [7, 11) is 0. The zero-order chi connectivity index (χ0) is 21.2. The van der Waals surface area contributed by atoms with Crippen molar-refractivity contribution in [3.63, 3.8) is 0 Å². The quantitative estimate of drug-likeness (QED) is 0.378. The minimum absolute atomic E-state index is 0.00585. The first-order valence-corrected chi connectivity index (χ1v) is 9.37. The number of benzene rings is 1. The van der Waals surface area contributed by atoms with Crippen molar-refractivity contribution in [2.24, 2.45) is 0 Å². The van der Waals surface area contributed by atoms with Crippen molar-refractivity contribution in [1.29, 1.82) is 0 Å². The Morgan fingerprint density at radius 3 is 2.45 bits per heavy atom. The van der Waals surface area contributed by atoms with Crippen LogP contribution in [0.4, 0.5) is 5.69 Å². The van der Waals surface area contributed by atoms with Crippen molar-refractivity contribution in [2.45, 2.75) is 39.5 Å². The first-order chi connectivity index (χ1) is 13.9. The SMILES string of the molecule is CCCCCCOc1ccc(C(=O)NNC(=O)c2cc([N+](=O)[O-])cnc2C)cc1. The number of hydrogen-bond acceptors (Lipinski definition) is 6. The lowest BCUT2D eigenvalue weighted by atomic mass is 10.2. The standard InChI is InChI=1S/C20H24N4O5/c1-3-4-5-6-11-29-17-9-7-15(8-10-17)19(25)22-23-20(26)18-12-16(24(27)28)13-21-14(18)2/h7-10,12-13H,3-6,11H2,1-2H3,(H,22,25)(H,23,26). The highest BCUT2D eigenvalue weighted by Gasteiger charge is 2.16. The Balaban J connectivity index is 1.88. The number of amides is 2. The van der Waals surface area contributed by atoms with E-state index >= 15 is 0 Å². The monoisotopic (exact) mass is 400 g/mol. The summed E-state index contributed by atoms with van der Waals surface area (Å²) in [5.74, 6) is -0.552. The molecule has 1 aromatic carbocycles. The normalized spacial score (nSPS) is 10.3. The number of nitrogens with zero attached hydrogens (tertiary/aromatic N) is 2. The van der Waals surface area contributed by atoms with Crippen LogP contribution in [0.2, 0.25) is 0 Å². The third-order valence-electron chi connectivity index (χ3n) is 4.20. The van der Waals surface area contributed by atoms with Crippen LogP contribution in [0.25, 0.3) is 0 Å². The molecule has 0 spiro atoms. The highest BCUT2D eigenvalue weighted by molar-refractivity contribution is 5.99. The van der Waals surface area contributed by atoms with Gasteiger partial charge in [0.1, 0.15) is 11.9 Å². The van der Waals surface area contributed by atoms with E-state index in [2.05, 4.69) is 22.8 Å². The molecule has 9 nitrogen and oxygen atoms in total. The second-order valence-corrected chi connectivity index (χ2v) is 6.43. The number of nitrogens with one attached hydrogen (secondary N) is 2. The molecule has 1 aromatic heterocycles. The summed E-state index contributed by atoms with van der Waals surface area (Å²) in [6.45, 7) is 4.31.